The highest BCUT2D eigenvalue weighted by Crippen LogP contribution is 2.32. The Balaban J connectivity index is 2.03. The van der Waals surface area contributed by atoms with Gasteiger partial charge in [-0.1, -0.05) is 30.0 Å². The number of carbonyl (C=O) groups is 1. The van der Waals surface area contributed by atoms with Crippen LogP contribution in [-0.4, -0.2) is 65.0 Å². The summed E-state index contributed by atoms with van der Waals surface area (Å²) >= 11 is 6.46. The van der Waals surface area contributed by atoms with Crippen molar-refractivity contribution < 1.29 is 14.3 Å². The Morgan fingerprint density at radius 3 is 2.79 bits per heavy atom. The molecule has 8 nitrogen and oxygen atoms in total. The molecule has 3 heterocycles. The summed E-state index contributed by atoms with van der Waals surface area (Å²) in [7, 11) is 3.16. The van der Waals surface area contributed by atoms with Gasteiger partial charge >= 0.3 is 0 Å². The molecule has 0 aromatic carbocycles. The summed E-state index contributed by atoms with van der Waals surface area (Å²) in [6, 6.07) is 5.31. The molecule has 1 N–H and O–H groups in total. The molecule has 1 fully saturated rings. The van der Waals surface area contributed by atoms with Crippen molar-refractivity contribution in [2.24, 2.45) is 0 Å². The fourth-order valence-electron chi connectivity index (χ4n) is 2.65. The molecule has 0 saturated carbocycles. The molecule has 0 unspecified atom stereocenters. The summed E-state index contributed by atoms with van der Waals surface area (Å²) in [6.45, 7) is 1.67. The standard InChI is InChI=1S/C18H20N4O4S2/c1-25-9-6-19-15-12(16(23)21-7-4-3-5-14(21)20-15)11-13-17(24)22(8-10-26-2)18(27)28-13/h3-5,7,11,19H,6,8-10H2,1-2H3/b13-11+. The molecule has 2 aromatic rings. The van der Waals surface area contributed by atoms with Crippen molar-refractivity contribution in [3.63, 3.8) is 0 Å². The van der Waals surface area contributed by atoms with Crippen LogP contribution in [0.15, 0.2) is 34.1 Å². The molecule has 0 spiro atoms. The SMILES string of the molecule is COCCNc1nc2ccccn2c(=O)c1/C=C1/SC(=S)N(CCOC)C1=O. The van der Waals surface area contributed by atoms with Crippen LogP contribution in [0.25, 0.3) is 11.7 Å². The molecular formula is C18H20N4O4S2. The number of carbonyl (C=O) groups excluding carboxylic acids is 1. The van der Waals surface area contributed by atoms with Gasteiger partial charge in [-0.05, 0) is 18.2 Å². The van der Waals surface area contributed by atoms with Gasteiger partial charge in [-0.25, -0.2) is 4.98 Å². The summed E-state index contributed by atoms with van der Waals surface area (Å²) in [6.07, 6.45) is 3.20. The first-order chi connectivity index (χ1) is 13.6. The fourth-order valence-corrected chi connectivity index (χ4v) is 3.94. The fraction of sp³-hybridized carbons (Fsp3) is 0.333. The Hall–Kier alpha value is -2.27. The predicted molar refractivity (Wildman–Crippen MR) is 114 cm³/mol. The average Bonchev–Trinajstić information content (AvgIpc) is 2.96. The number of anilines is 1. The lowest BCUT2D eigenvalue weighted by Crippen LogP contribution is -2.31. The van der Waals surface area contributed by atoms with Gasteiger partial charge in [-0.2, -0.15) is 0 Å². The highest BCUT2D eigenvalue weighted by atomic mass is 32.2. The molecule has 1 amide bonds. The molecule has 148 valence electrons. The quantitative estimate of drug-likeness (QED) is 0.392. The highest BCUT2D eigenvalue weighted by molar-refractivity contribution is 8.26. The van der Waals surface area contributed by atoms with Gasteiger partial charge in [-0.3, -0.25) is 18.9 Å². The van der Waals surface area contributed by atoms with Crippen LogP contribution in [0.4, 0.5) is 5.82 Å². The van der Waals surface area contributed by atoms with Gasteiger partial charge in [0.25, 0.3) is 11.5 Å². The smallest absolute Gasteiger partial charge is 0.267 e. The lowest BCUT2D eigenvalue weighted by atomic mass is 10.2. The molecule has 28 heavy (non-hydrogen) atoms. The Labute approximate surface area is 171 Å². The first kappa shape index (κ1) is 20.5. The van der Waals surface area contributed by atoms with Crippen LogP contribution in [0.5, 0.6) is 0 Å². The predicted octanol–water partition coefficient (Wildman–Crippen LogP) is 1.60. The summed E-state index contributed by atoms with van der Waals surface area (Å²) in [4.78, 5) is 32.1. The largest absolute Gasteiger partial charge is 0.383 e. The number of thiocarbonyl (C=S) groups is 1. The minimum absolute atomic E-state index is 0.243. The summed E-state index contributed by atoms with van der Waals surface area (Å²) in [5.41, 5.74) is 0.539. The zero-order valence-electron chi connectivity index (χ0n) is 15.5. The Morgan fingerprint density at radius 1 is 1.25 bits per heavy atom. The van der Waals surface area contributed by atoms with Crippen LogP contribution in [0.1, 0.15) is 5.56 Å². The van der Waals surface area contributed by atoms with E-state index in [4.69, 9.17) is 21.7 Å². The molecule has 1 saturated heterocycles. The zero-order valence-corrected chi connectivity index (χ0v) is 17.1. The Bertz CT molecular complexity index is 989. The third-order valence-electron chi connectivity index (χ3n) is 4.04. The van der Waals surface area contributed by atoms with E-state index in [1.54, 1.807) is 44.7 Å². The number of ether oxygens (including phenoxy) is 2. The molecule has 10 heteroatoms. The third kappa shape index (κ3) is 4.25. The summed E-state index contributed by atoms with van der Waals surface area (Å²) in [5, 5.41) is 3.11. The number of hydrogen-bond acceptors (Lipinski definition) is 8. The van der Waals surface area contributed by atoms with Crippen LogP contribution in [-0.2, 0) is 14.3 Å². The van der Waals surface area contributed by atoms with Gasteiger partial charge in [0.2, 0.25) is 0 Å². The second kappa shape index (κ2) is 9.28. The molecule has 0 aliphatic carbocycles. The molecular weight excluding hydrogens is 400 g/mol. The highest BCUT2D eigenvalue weighted by Gasteiger charge is 2.32. The topological polar surface area (TPSA) is 85.2 Å². The number of nitrogens with one attached hydrogen (secondary N) is 1. The van der Waals surface area contributed by atoms with Gasteiger partial charge < -0.3 is 14.8 Å². The van der Waals surface area contributed by atoms with E-state index in [-0.39, 0.29) is 11.5 Å². The molecule has 1 aliphatic rings. The average molecular weight is 421 g/mol. The number of fused-ring (bicyclic) bond motifs is 1. The van der Waals surface area contributed by atoms with Crippen molar-refractivity contribution >= 4 is 51.7 Å². The van der Waals surface area contributed by atoms with Crippen molar-refractivity contribution in [3.05, 3.63) is 45.2 Å². The summed E-state index contributed by atoms with van der Waals surface area (Å²) < 4.78 is 12.0. The number of thioether (sulfide) groups is 1. The van der Waals surface area contributed by atoms with Crippen molar-refractivity contribution in [2.45, 2.75) is 0 Å². The van der Waals surface area contributed by atoms with Crippen LogP contribution < -0.4 is 10.9 Å². The van der Waals surface area contributed by atoms with Crippen LogP contribution in [0.2, 0.25) is 0 Å². The number of hydrogen-bond donors (Lipinski definition) is 1. The van der Waals surface area contributed by atoms with Gasteiger partial charge in [0.1, 0.15) is 15.8 Å². The van der Waals surface area contributed by atoms with Crippen LogP contribution >= 0.6 is 24.0 Å². The molecule has 0 bridgehead atoms. The molecule has 0 atom stereocenters. The summed E-state index contributed by atoms with van der Waals surface area (Å²) in [5.74, 6) is 0.155. The van der Waals surface area contributed by atoms with E-state index in [0.29, 0.717) is 52.6 Å². The van der Waals surface area contributed by atoms with Crippen LogP contribution in [0, 0.1) is 0 Å². The van der Waals surface area contributed by atoms with Crippen molar-refractivity contribution in [1.82, 2.24) is 14.3 Å². The zero-order chi connectivity index (χ0) is 20.1. The van der Waals surface area contributed by atoms with E-state index in [1.165, 1.54) is 9.30 Å². The lowest BCUT2D eigenvalue weighted by Gasteiger charge is -2.13. The van der Waals surface area contributed by atoms with E-state index < -0.39 is 0 Å². The van der Waals surface area contributed by atoms with E-state index in [2.05, 4.69) is 10.3 Å². The lowest BCUT2D eigenvalue weighted by molar-refractivity contribution is -0.122. The van der Waals surface area contributed by atoms with E-state index in [9.17, 15) is 9.59 Å². The first-order valence-corrected chi connectivity index (χ1v) is 9.77. The number of rotatable bonds is 8. The Morgan fingerprint density at radius 2 is 2.04 bits per heavy atom. The third-order valence-corrected chi connectivity index (χ3v) is 5.41. The number of aromatic nitrogens is 2. The maximum atomic E-state index is 13.0. The number of amides is 1. The molecule has 1 aliphatic heterocycles. The molecule has 0 radical (unpaired) electrons. The van der Waals surface area contributed by atoms with Crippen molar-refractivity contribution in [1.29, 1.82) is 0 Å². The minimum Gasteiger partial charge on any atom is -0.383 e. The van der Waals surface area contributed by atoms with Gasteiger partial charge in [-0.15, -0.1) is 0 Å². The minimum atomic E-state index is -0.271. The van der Waals surface area contributed by atoms with E-state index in [1.807, 2.05) is 0 Å². The van der Waals surface area contributed by atoms with Gasteiger partial charge in [0.05, 0.1) is 30.2 Å². The maximum absolute atomic E-state index is 13.0. The van der Waals surface area contributed by atoms with Crippen molar-refractivity contribution in [3.8, 4) is 0 Å². The van der Waals surface area contributed by atoms with Crippen molar-refractivity contribution in [2.75, 3.05) is 45.8 Å². The number of nitrogens with zero attached hydrogens (tertiary/aromatic N) is 3. The van der Waals surface area contributed by atoms with Crippen LogP contribution in [0.3, 0.4) is 0 Å². The molecule has 3 rings (SSSR count). The van der Waals surface area contributed by atoms with Gasteiger partial charge in [0.15, 0.2) is 0 Å². The normalized spacial score (nSPS) is 15.8. The number of methoxy groups -OCH3 is 2. The molecule has 2 aromatic heterocycles. The van der Waals surface area contributed by atoms with Gasteiger partial charge in [0, 0.05) is 27.0 Å². The second-order valence-electron chi connectivity index (χ2n) is 5.85. The van der Waals surface area contributed by atoms with E-state index in [0.717, 1.165) is 11.8 Å². The van der Waals surface area contributed by atoms with E-state index >= 15 is 0 Å². The second-order valence-corrected chi connectivity index (χ2v) is 7.53. The monoisotopic (exact) mass is 420 g/mol. The number of pyridine rings is 1. The maximum Gasteiger partial charge on any atom is 0.267 e. The first-order valence-electron chi connectivity index (χ1n) is 8.55. The Kier molecular flexibility index (Phi) is 6.79.